The Labute approximate surface area is 288 Å². The van der Waals surface area contributed by atoms with Crippen LogP contribution in [0.5, 0.6) is 5.75 Å². The molecule has 2 aromatic carbocycles. The Morgan fingerprint density at radius 3 is 1.85 bits per heavy atom. The second-order valence-electron chi connectivity index (χ2n) is 12.2. The van der Waals surface area contributed by atoms with Gasteiger partial charge in [0.1, 0.15) is 19.0 Å². The molecule has 0 saturated heterocycles. The average Bonchev–Trinajstić information content (AvgIpc) is 3.10. The van der Waals surface area contributed by atoms with Crippen molar-refractivity contribution in [2.45, 2.75) is 129 Å². The van der Waals surface area contributed by atoms with Gasteiger partial charge in [-0.3, -0.25) is 9.59 Å². The summed E-state index contributed by atoms with van der Waals surface area (Å²) in [5.41, 5.74) is 1.88. The number of esters is 2. The number of alkyl carbamates (subject to hydrolysis) is 1. The maximum absolute atomic E-state index is 12.6. The lowest BCUT2D eigenvalue weighted by atomic mass is 10.1. The minimum Gasteiger partial charge on any atom is -0.497 e. The third-order valence-corrected chi connectivity index (χ3v) is 7.98. The van der Waals surface area contributed by atoms with Crippen molar-refractivity contribution in [2.75, 3.05) is 26.9 Å². The van der Waals surface area contributed by atoms with E-state index in [4.69, 9.17) is 23.7 Å². The fraction of sp³-hybridized carbons (Fsp3) is 0.615. The minimum absolute atomic E-state index is 0.0414. The first-order valence-corrected chi connectivity index (χ1v) is 18.0. The van der Waals surface area contributed by atoms with E-state index in [1.807, 2.05) is 54.6 Å². The molecule has 0 unspecified atom stereocenters. The van der Waals surface area contributed by atoms with Gasteiger partial charge in [0, 0.05) is 19.4 Å². The molecule has 1 amide bonds. The highest BCUT2D eigenvalue weighted by atomic mass is 16.6. The van der Waals surface area contributed by atoms with Gasteiger partial charge in [-0.1, -0.05) is 120 Å². The van der Waals surface area contributed by atoms with Gasteiger partial charge in [-0.25, -0.2) is 4.79 Å². The molecule has 9 heteroatoms. The Balaban J connectivity index is 1.63. The number of hydrogen-bond acceptors (Lipinski definition) is 8. The van der Waals surface area contributed by atoms with Crippen LogP contribution >= 0.6 is 0 Å². The lowest BCUT2D eigenvalue weighted by Crippen LogP contribution is -2.29. The number of rotatable bonds is 28. The Morgan fingerprint density at radius 1 is 0.625 bits per heavy atom. The van der Waals surface area contributed by atoms with Gasteiger partial charge in [0.15, 0.2) is 6.10 Å². The molecule has 1 atom stereocenters. The van der Waals surface area contributed by atoms with Gasteiger partial charge in [-0.15, -0.1) is 0 Å². The third-order valence-electron chi connectivity index (χ3n) is 7.98. The summed E-state index contributed by atoms with van der Waals surface area (Å²) in [6, 6.07) is 17.0. The van der Waals surface area contributed by atoms with Crippen LogP contribution in [0.2, 0.25) is 0 Å². The number of methoxy groups -OCH3 is 1. The zero-order valence-corrected chi connectivity index (χ0v) is 29.4. The lowest BCUT2D eigenvalue weighted by molar-refractivity contribution is -0.163. The molecular weight excluding hydrogens is 610 g/mol. The molecule has 9 nitrogen and oxygen atoms in total. The highest BCUT2D eigenvalue weighted by molar-refractivity contribution is 5.70. The van der Waals surface area contributed by atoms with E-state index in [1.54, 1.807) is 7.11 Å². The van der Waals surface area contributed by atoms with Gasteiger partial charge in [-0.2, -0.15) is 0 Å². The molecule has 0 aromatic heterocycles. The number of unbranched alkanes of at least 4 members (excludes halogenated alkanes) is 12. The van der Waals surface area contributed by atoms with Crippen molar-refractivity contribution in [2.24, 2.45) is 0 Å². The van der Waals surface area contributed by atoms with E-state index in [2.05, 4.69) is 12.2 Å². The van der Waals surface area contributed by atoms with Crippen LogP contribution in [0.1, 0.15) is 121 Å². The van der Waals surface area contributed by atoms with Crippen molar-refractivity contribution in [1.82, 2.24) is 5.32 Å². The number of nitrogens with one attached hydrogen (secondary N) is 1. The molecule has 2 rings (SSSR count). The highest BCUT2D eigenvalue weighted by Crippen LogP contribution is 2.14. The van der Waals surface area contributed by atoms with Gasteiger partial charge in [0.05, 0.1) is 20.3 Å². The predicted molar refractivity (Wildman–Crippen MR) is 188 cm³/mol. The molecule has 0 aliphatic rings. The smallest absolute Gasteiger partial charge is 0.407 e. The van der Waals surface area contributed by atoms with Crippen molar-refractivity contribution >= 4 is 18.0 Å². The largest absolute Gasteiger partial charge is 0.497 e. The van der Waals surface area contributed by atoms with Crippen LogP contribution in [0.25, 0.3) is 0 Å². The van der Waals surface area contributed by atoms with E-state index in [-0.39, 0.29) is 38.2 Å². The van der Waals surface area contributed by atoms with Crippen molar-refractivity contribution in [3.63, 3.8) is 0 Å². The second-order valence-corrected chi connectivity index (χ2v) is 12.2. The van der Waals surface area contributed by atoms with Gasteiger partial charge in [0.2, 0.25) is 0 Å². The van der Waals surface area contributed by atoms with Gasteiger partial charge >= 0.3 is 18.0 Å². The van der Waals surface area contributed by atoms with Crippen molar-refractivity contribution in [1.29, 1.82) is 0 Å². The summed E-state index contributed by atoms with van der Waals surface area (Å²) >= 11 is 0. The molecule has 48 heavy (non-hydrogen) atoms. The number of ether oxygens (including phenoxy) is 5. The van der Waals surface area contributed by atoms with E-state index in [9.17, 15) is 14.4 Å². The molecule has 0 heterocycles. The molecular formula is C39H59NO8. The quantitative estimate of drug-likeness (QED) is 0.0544. The summed E-state index contributed by atoms with van der Waals surface area (Å²) in [6.45, 7) is 3.31. The van der Waals surface area contributed by atoms with E-state index >= 15 is 0 Å². The Kier molecular flexibility index (Phi) is 23.1. The summed E-state index contributed by atoms with van der Waals surface area (Å²) in [4.78, 5) is 36.9. The van der Waals surface area contributed by atoms with Crippen LogP contribution in [0.3, 0.4) is 0 Å². The minimum atomic E-state index is -0.696. The van der Waals surface area contributed by atoms with E-state index in [0.29, 0.717) is 32.4 Å². The first-order chi connectivity index (χ1) is 23.5. The summed E-state index contributed by atoms with van der Waals surface area (Å²) < 4.78 is 27.4. The van der Waals surface area contributed by atoms with Crippen LogP contribution in [0.15, 0.2) is 54.6 Å². The summed E-state index contributed by atoms with van der Waals surface area (Å²) in [5, 5.41) is 2.73. The Bertz CT molecular complexity index is 1110. The molecule has 0 radical (unpaired) electrons. The molecule has 0 saturated carbocycles. The Morgan fingerprint density at radius 2 is 1.21 bits per heavy atom. The summed E-state index contributed by atoms with van der Waals surface area (Å²) in [7, 11) is 1.62. The van der Waals surface area contributed by atoms with E-state index in [1.165, 1.54) is 51.4 Å². The van der Waals surface area contributed by atoms with Gasteiger partial charge in [0.25, 0.3) is 0 Å². The number of amides is 1. The molecule has 0 aliphatic heterocycles. The standard InChI is InChI=1S/C39H59NO8/c1-3-4-5-6-7-8-9-10-11-12-17-22-37(41)46-32-36(31-45-29-34-24-26-35(44-2)27-25-34)48-38(42)23-18-14-19-28-40-39(43)47-30-33-20-15-13-16-21-33/h13,15-16,20-21,24-27,36H,3-12,14,17-19,22-23,28-32H2,1-2H3,(H,40,43)/t36-/m0/s1. The molecule has 0 spiro atoms. The topological polar surface area (TPSA) is 109 Å². The Hall–Kier alpha value is -3.59. The average molecular weight is 670 g/mol. The van der Waals surface area contributed by atoms with Crippen LogP contribution in [-0.4, -0.2) is 51.0 Å². The molecule has 0 bridgehead atoms. The summed E-state index contributed by atoms with van der Waals surface area (Å²) in [5.74, 6) is 0.107. The fourth-order valence-electron chi connectivity index (χ4n) is 5.12. The first kappa shape index (κ1) is 40.6. The van der Waals surface area contributed by atoms with Crippen LogP contribution in [-0.2, 0) is 41.8 Å². The lowest BCUT2D eigenvalue weighted by Gasteiger charge is -2.18. The number of benzene rings is 2. The van der Waals surface area contributed by atoms with E-state index in [0.717, 1.165) is 42.6 Å². The molecule has 268 valence electrons. The third kappa shape index (κ3) is 21.3. The van der Waals surface area contributed by atoms with Crippen molar-refractivity contribution in [3.8, 4) is 5.75 Å². The second kappa shape index (κ2) is 27.4. The SMILES string of the molecule is CCCCCCCCCCCCCC(=O)OC[C@H](COCc1ccc(OC)cc1)OC(=O)CCCCCNC(=O)OCc1ccccc1. The van der Waals surface area contributed by atoms with Crippen molar-refractivity contribution in [3.05, 3.63) is 65.7 Å². The maximum atomic E-state index is 12.6. The fourth-order valence-corrected chi connectivity index (χ4v) is 5.12. The molecule has 1 N–H and O–H groups in total. The molecule has 2 aromatic rings. The molecule has 0 fully saturated rings. The van der Waals surface area contributed by atoms with Crippen LogP contribution < -0.4 is 10.1 Å². The normalized spacial score (nSPS) is 11.5. The van der Waals surface area contributed by atoms with Crippen LogP contribution in [0.4, 0.5) is 4.79 Å². The maximum Gasteiger partial charge on any atom is 0.407 e. The zero-order valence-electron chi connectivity index (χ0n) is 29.4. The predicted octanol–water partition coefficient (Wildman–Crippen LogP) is 8.85. The monoisotopic (exact) mass is 669 g/mol. The van der Waals surface area contributed by atoms with Gasteiger partial charge in [-0.05, 0) is 42.5 Å². The van der Waals surface area contributed by atoms with Crippen molar-refractivity contribution < 1.29 is 38.1 Å². The van der Waals surface area contributed by atoms with E-state index < -0.39 is 12.2 Å². The van der Waals surface area contributed by atoms with Crippen LogP contribution in [0, 0.1) is 0 Å². The zero-order chi connectivity index (χ0) is 34.5. The number of carbonyl (C=O) groups is 3. The number of carbonyl (C=O) groups excluding carboxylic acids is 3. The molecule has 0 aliphatic carbocycles. The first-order valence-electron chi connectivity index (χ1n) is 18.0. The van der Waals surface area contributed by atoms with Gasteiger partial charge < -0.3 is 29.0 Å². The highest BCUT2D eigenvalue weighted by Gasteiger charge is 2.18. The number of hydrogen-bond donors (Lipinski definition) is 1. The summed E-state index contributed by atoms with van der Waals surface area (Å²) in [6.07, 6.45) is 14.8.